The van der Waals surface area contributed by atoms with E-state index in [-0.39, 0.29) is 59.3 Å². The molecule has 2 unspecified atom stereocenters. The van der Waals surface area contributed by atoms with Crippen LogP contribution in [-0.2, 0) is 9.84 Å². The first kappa shape index (κ1) is 35.3. The van der Waals surface area contributed by atoms with Gasteiger partial charge in [0.25, 0.3) is 0 Å². The number of nitrogen functional groups attached to an aromatic ring is 1. The predicted molar refractivity (Wildman–Crippen MR) is 152 cm³/mol. The largest absolute Gasteiger partial charge is 0.507 e. The fourth-order valence-corrected chi connectivity index (χ4v) is 4.30. The molecule has 2 atom stereocenters. The van der Waals surface area contributed by atoms with Gasteiger partial charge in [0, 0.05) is 24.9 Å². The van der Waals surface area contributed by atoms with Gasteiger partial charge in [-0.15, -0.1) is 0 Å². The summed E-state index contributed by atoms with van der Waals surface area (Å²) in [6, 6.07) is 7.02. The molecule has 14 heteroatoms. The lowest BCUT2D eigenvalue weighted by Crippen LogP contribution is -2.50. The summed E-state index contributed by atoms with van der Waals surface area (Å²) in [6.07, 6.45) is -0.833. The molecule has 39 heavy (non-hydrogen) atoms. The first-order valence-corrected chi connectivity index (χ1v) is 14.5. The van der Waals surface area contributed by atoms with Crippen LogP contribution in [0.1, 0.15) is 44.1 Å². The molecule has 11 nitrogen and oxygen atoms in total. The van der Waals surface area contributed by atoms with Gasteiger partial charge in [-0.3, -0.25) is 0 Å². The molecule has 0 radical (unpaired) electrons. The molecule has 0 bridgehead atoms. The van der Waals surface area contributed by atoms with Gasteiger partial charge in [0.2, 0.25) is 0 Å². The van der Waals surface area contributed by atoms with Gasteiger partial charge in [-0.05, 0) is 56.2 Å². The Bertz CT molecular complexity index is 1170. The van der Waals surface area contributed by atoms with Crippen LogP contribution in [0.5, 0.6) is 5.75 Å². The highest BCUT2D eigenvalue weighted by atomic mass is 35.5. The molecule has 2 aromatic carbocycles. The second-order valence-electron chi connectivity index (χ2n) is 10.1. The van der Waals surface area contributed by atoms with Crippen molar-refractivity contribution in [3.8, 4) is 5.75 Å². The van der Waals surface area contributed by atoms with Crippen molar-refractivity contribution < 1.29 is 39.1 Å². The van der Waals surface area contributed by atoms with Crippen LogP contribution in [0, 0.1) is 0 Å². The van der Waals surface area contributed by atoms with Gasteiger partial charge >= 0.3 is 0 Å². The molecular weight excluding hydrogens is 573 g/mol. The number of sulfone groups is 1. The number of nitrogens with two attached hydrogens (primary N) is 1. The van der Waals surface area contributed by atoms with Crippen LogP contribution >= 0.6 is 23.2 Å². The van der Waals surface area contributed by atoms with Gasteiger partial charge < -0.3 is 47.0 Å². The number of nitrogens with one attached hydrogen (secondary N) is 2. The van der Waals surface area contributed by atoms with Crippen LogP contribution in [0.3, 0.4) is 0 Å². The fraction of sp³-hybridized carbons (Fsp3) is 0.520. The van der Waals surface area contributed by atoms with Gasteiger partial charge in [-0.1, -0.05) is 29.3 Å². The molecule has 0 amide bonds. The fourth-order valence-electron chi connectivity index (χ4n) is 3.00. The zero-order valence-corrected chi connectivity index (χ0v) is 24.6. The molecule has 2 aromatic rings. The number of rotatable bonds is 12. The Morgan fingerprint density at radius 2 is 1.36 bits per heavy atom. The van der Waals surface area contributed by atoms with E-state index in [9.17, 15) is 23.7 Å². The van der Waals surface area contributed by atoms with E-state index in [1.807, 2.05) is 0 Å². The highest BCUT2D eigenvalue weighted by Gasteiger charge is 2.23. The average molecular weight is 613 g/mol. The van der Waals surface area contributed by atoms with E-state index in [1.54, 1.807) is 20.8 Å². The standard InChI is InChI=1S/C13H21NO5S.C12H18Cl2N2O3/c1-13(2,8-15)14-7-11(17)9-4-5-10(16)12(6-9)20(3,18)19;1-12(5-17,6-18)16-4-10(19)7-2-8(13)11(15)9(14)3-7/h4-6,11,14-17H,7-8H2,1-3H3;2-3,10,16-19H,4-6,15H2,1H3. The summed E-state index contributed by atoms with van der Waals surface area (Å²) < 4.78 is 23.0. The van der Waals surface area contributed by atoms with Crippen LogP contribution in [0.2, 0.25) is 10.0 Å². The lowest BCUT2D eigenvalue weighted by molar-refractivity contribution is 0.0846. The molecule has 222 valence electrons. The number of benzene rings is 2. The molecule has 0 aliphatic carbocycles. The van der Waals surface area contributed by atoms with E-state index in [0.29, 0.717) is 11.1 Å². The average Bonchev–Trinajstić information content (AvgIpc) is 2.88. The van der Waals surface area contributed by atoms with Crippen LogP contribution in [0.4, 0.5) is 5.69 Å². The SMILES string of the molecule is CC(C)(CO)NCC(O)c1ccc(O)c(S(C)(=O)=O)c1.CC(CO)(CO)NCC(O)c1cc(Cl)c(N)c(Cl)c1. The monoisotopic (exact) mass is 611 g/mol. The second kappa shape index (κ2) is 14.8. The quantitative estimate of drug-likeness (QED) is 0.155. The Morgan fingerprint density at radius 3 is 1.82 bits per heavy atom. The van der Waals surface area contributed by atoms with Crippen LogP contribution in [-0.4, -0.2) is 89.3 Å². The molecule has 0 aliphatic rings. The zero-order valence-electron chi connectivity index (χ0n) is 22.3. The molecule has 0 spiro atoms. The highest BCUT2D eigenvalue weighted by Crippen LogP contribution is 2.31. The van der Waals surface area contributed by atoms with Gasteiger partial charge in [0.15, 0.2) is 9.84 Å². The van der Waals surface area contributed by atoms with Gasteiger partial charge in [-0.25, -0.2) is 8.42 Å². The van der Waals surface area contributed by atoms with Crippen molar-refractivity contribution in [1.82, 2.24) is 10.6 Å². The third kappa shape index (κ3) is 11.0. The normalized spacial score (nSPS) is 13.9. The zero-order chi connectivity index (χ0) is 30.2. The summed E-state index contributed by atoms with van der Waals surface area (Å²) in [7, 11) is -3.56. The van der Waals surface area contributed by atoms with Crippen molar-refractivity contribution in [1.29, 1.82) is 0 Å². The van der Waals surface area contributed by atoms with E-state index in [4.69, 9.17) is 44.3 Å². The number of anilines is 1. The maximum Gasteiger partial charge on any atom is 0.179 e. The molecule has 0 saturated carbocycles. The Morgan fingerprint density at radius 1 is 0.872 bits per heavy atom. The van der Waals surface area contributed by atoms with Gasteiger partial charge in [0.05, 0.1) is 53.3 Å². The smallest absolute Gasteiger partial charge is 0.179 e. The first-order valence-electron chi connectivity index (χ1n) is 11.9. The Balaban J connectivity index is 0.000000391. The number of aliphatic hydroxyl groups excluding tert-OH is 5. The lowest BCUT2D eigenvalue weighted by Gasteiger charge is -2.27. The Kier molecular flexibility index (Phi) is 13.4. The van der Waals surface area contributed by atoms with Gasteiger partial charge in [-0.2, -0.15) is 0 Å². The molecule has 0 saturated heterocycles. The lowest BCUT2D eigenvalue weighted by atomic mass is 10.0. The van der Waals surface area contributed by atoms with E-state index in [0.717, 1.165) is 6.26 Å². The molecule has 0 heterocycles. The second-order valence-corrected chi connectivity index (χ2v) is 12.9. The summed E-state index contributed by atoms with van der Waals surface area (Å²) in [5.74, 6) is -0.341. The summed E-state index contributed by atoms with van der Waals surface area (Å²) in [5.41, 5.74) is 5.36. The van der Waals surface area contributed by atoms with Crippen LogP contribution in [0.15, 0.2) is 35.2 Å². The van der Waals surface area contributed by atoms with Crippen LogP contribution in [0.25, 0.3) is 0 Å². The number of aliphatic hydroxyl groups is 5. The van der Waals surface area contributed by atoms with Crippen molar-refractivity contribution >= 4 is 38.7 Å². The number of hydrogen-bond acceptors (Lipinski definition) is 11. The van der Waals surface area contributed by atoms with Crippen molar-refractivity contribution in [2.24, 2.45) is 0 Å². The molecule has 2 rings (SSSR count). The Hall–Kier alpha value is -1.71. The van der Waals surface area contributed by atoms with Crippen molar-refractivity contribution in [3.05, 3.63) is 51.5 Å². The Labute approximate surface area is 239 Å². The van der Waals surface area contributed by atoms with Crippen molar-refractivity contribution in [2.45, 2.75) is 49.0 Å². The summed E-state index contributed by atoms with van der Waals surface area (Å²) in [4.78, 5) is -0.213. The van der Waals surface area contributed by atoms with Gasteiger partial charge in [0.1, 0.15) is 10.6 Å². The highest BCUT2D eigenvalue weighted by molar-refractivity contribution is 7.90. The van der Waals surface area contributed by atoms with Crippen LogP contribution < -0.4 is 16.4 Å². The summed E-state index contributed by atoms with van der Waals surface area (Å²) in [6.45, 7) is 4.89. The first-order chi connectivity index (χ1) is 17.9. The topological polar surface area (TPSA) is 206 Å². The molecule has 0 aromatic heterocycles. The van der Waals surface area contributed by atoms with E-state index in [1.165, 1.54) is 30.3 Å². The molecule has 0 fully saturated rings. The molecule has 0 aliphatic heterocycles. The summed E-state index contributed by atoms with van der Waals surface area (Å²) in [5, 5.41) is 63.4. The number of phenols is 1. The predicted octanol–water partition coefficient (Wildman–Crippen LogP) is 1.13. The number of hydrogen-bond donors (Lipinski definition) is 9. The maximum absolute atomic E-state index is 11.5. The van der Waals surface area contributed by atoms with E-state index in [2.05, 4.69) is 10.6 Å². The minimum absolute atomic E-state index is 0.0934. The molecular formula is C25H39Cl2N3O8S. The number of phenolic OH excluding ortho intramolecular Hbond substituents is 1. The van der Waals surface area contributed by atoms with E-state index < -0.39 is 33.1 Å². The van der Waals surface area contributed by atoms with Crippen molar-refractivity contribution in [2.75, 3.05) is 44.9 Å². The number of β-amino-alcohol motifs (C(OH)–C–C–N with tert-alkyl or cyclic N) is 2. The molecule has 10 N–H and O–H groups in total. The minimum Gasteiger partial charge on any atom is -0.507 e. The van der Waals surface area contributed by atoms with E-state index >= 15 is 0 Å². The minimum atomic E-state index is -3.56. The number of aromatic hydroxyl groups is 1. The summed E-state index contributed by atoms with van der Waals surface area (Å²) >= 11 is 11.8. The number of halogens is 2. The third-order valence-corrected chi connectivity index (χ3v) is 7.60. The third-order valence-electron chi connectivity index (χ3n) is 5.84. The maximum atomic E-state index is 11.5. The van der Waals surface area contributed by atoms with Crippen molar-refractivity contribution in [3.63, 3.8) is 0 Å².